The molecule has 0 heterocycles. The van der Waals surface area contributed by atoms with Gasteiger partial charge in [0.05, 0.1) is 45.8 Å². The van der Waals surface area contributed by atoms with Crippen LogP contribution in [-0.2, 0) is 33.6 Å². The molecule has 0 rings (SSSR count). The Hall–Kier alpha value is -3.87. The molecule has 0 aromatic carbocycles. The molecule has 0 bridgehead atoms. The zero-order valence-electron chi connectivity index (χ0n) is 19.1. The summed E-state index contributed by atoms with van der Waals surface area (Å²) >= 11 is 0. The number of rotatable bonds is 20. The van der Waals surface area contributed by atoms with E-state index in [4.69, 9.17) is 35.7 Å². The highest BCUT2D eigenvalue weighted by Gasteiger charge is 2.18. The van der Waals surface area contributed by atoms with E-state index in [0.717, 1.165) is 9.80 Å². The van der Waals surface area contributed by atoms with Gasteiger partial charge in [-0.3, -0.25) is 48.3 Å². The van der Waals surface area contributed by atoms with Crippen LogP contribution in [0.3, 0.4) is 0 Å². The molecule has 18 nitrogen and oxygen atoms in total. The van der Waals surface area contributed by atoms with Gasteiger partial charge in [-0.2, -0.15) is 0 Å². The van der Waals surface area contributed by atoms with Crippen LogP contribution >= 0.6 is 0 Å². The van der Waals surface area contributed by atoms with Gasteiger partial charge in [0.1, 0.15) is 0 Å². The fraction of sp³-hybridized carbons (Fsp3) is 0.611. The largest absolute Gasteiger partial charge is 0.480 e. The Morgan fingerprint density at radius 1 is 0.417 bits per heavy atom. The Morgan fingerprint density at radius 3 is 0.889 bits per heavy atom. The first kappa shape index (κ1) is 34.3. The highest BCUT2D eigenvalue weighted by Crippen LogP contribution is 1.94. The molecule has 0 spiro atoms. The Kier molecular flexibility index (Phi) is 18.5. The number of nitrogens with zero attached hydrogens (tertiary/aromatic N) is 3. The smallest absolute Gasteiger partial charge is 0.317 e. The molecule has 0 aromatic heterocycles. The number of hydrogen-bond donors (Lipinski definition) is 8. The van der Waals surface area contributed by atoms with Crippen molar-refractivity contribution in [1.82, 2.24) is 20.0 Å². The maximum atomic E-state index is 10.6. The Bertz CT molecular complexity index is 691. The van der Waals surface area contributed by atoms with Crippen LogP contribution in [0, 0.1) is 0 Å². The van der Waals surface area contributed by atoms with E-state index < -0.39 is 68.0 Å². The van der Waals surface area contributed by atoms with Gasteiger partial charge in [-0.25, -0.2) is 0 Å². The van der Waals surface area contributed by atoms with Gasteiger partial charge in [0.15, 0.2) is 0 Å². The molecule has 0 aliphatic carbocycles. The van der Waals surface area contributed by atoms with Crippen molar-refractivity contribution in [2.24, 2.45) is 0 Å². The molecule has 0 fully saturated rings. The third-order valence-corrected chi connectivity index (χ3v) is 3.77. The minimum absolute atomic E-state index is 0.0703. The van der Waals surface area contributed by atoms with Crippen molar-refractivity contribution in [3.8, 4) is 0 Å². The van der Waals surface area contributed by atoms with Crippen molar-refractivity contribution in [3.05, 3.63) is 0 Å². The van der Waals surface area contributed by atoms with E-state index in [-0.39, 0.29) is 45.8 Å². The monoisotopic (exact) mass is 526 g/mol. The molecule has 36 heavy (non-hydrogen) atoms. The predicted molar refractivity (Wildman–Crippen MR) is 116 cm³/mol. The first-order valence-electron chi connectivity index (χ1n) is 10.0. The molecule has 0 amide bonds. The van der Waals surface area contributed by atoms with E-state index >= 15 is 0 Å². The minimum Gasteiger partial charge on any atom is -0.480 e. The lowest BCUT2D eigenvalue weighted by Gasteiger charge is -2.23. The van der Waals surface area contributed by atoms with E-state index in [1.54, 1.807) is 0 Å². The molecule has 0 aromatic rings. The second kappa shape index (κ2) is 19.4. The molecule has 0 saturated heterocycles. The lowest BCUT2D eigenvalue weighted by Crippen LogP contribution is -2.43. The highest BCUT2D eigenvalue weighted by molar-refractivity contribution is 5.74. The van der Waals surface area contributed by atoms with Crippen LogP contribution < -0.4 is 5.32 Å². The number of nitrogens with one attached hydrogen (secondary N) is 1. The van der Waals surface area contributed by atoms with E-state index in [9.17, 15) is 33.6 Å². The topological polar surface area (TPSA) is 283 Å². The van der Waals surface area contributed by atoms with E-state index in [2.05, 4.69) is 5.32 Å². The fourth-order valence-electron chi connectivity index (χ4n) is 2.51. The SMILES string of the molecule is O=C(O)CN(CCN(CC(=O)O)CC(=O)O)CC(=O)O.O=C(O)CNCCN(CC(=O)O)CC(=O)O. The molecule has 8 N–H and O–H groups in total. The normalized spacial score (nSPS) is 10.5. The summed E-state index contributed by atoms with van der Waals surface area (Å²) in [4.78, 5) is 76.5. The first-order valence-corrected chi connectivity index (χ1v) is 10.0. The van der Waals surface area contributed by atoms with Gasteiger partial charge >= 0.3 is 41.8 Å². The molecule has 0 aliphatic heterocycles. The van der Waals surface area contributed by atoms with Crippen LogP contribution in [-0.4, -0.2) is 164 Å². The van der Waals surface area contributed by atoms with Crippen LogP contribution in [0.15, 0.2) is 0 Å². The van der Waals surface area contributed by atoms with Crippen LogP contribution in [0.4, 0.5) is 0 Å². The zero-order chi connectivity index (χ0) is 28.3. The second-order valence-corrected chi connectivity index (χ2v) is 7.06. The summed E-state index contributed by atoms with van der Waals surface area (Å²) in [5.74, 6) is -8.19. The molecule has 0 unspecified atom stereocenters. The molecule has 0 saturated carbocycles. The maximum Gasteiger partial charge on any atom is 0.317 e. The predicted octanol–water partition coefficient (Wildman–Crippen LogP) is -3.94. The van der Waals surface area contributed by atoms with Crippen LogP contribution in [0.5, 0.6) is 0 Å². The highest BCUT2D eigenvalue weighted by atomic mass is 16.4. The third kappa shape index (κ3) is 24.8. The molecular formula is C18H30N4O14. The average Bonchev–Trinajstić information content (AvgIpc) is 2.67. The molecule has 0 aliphatic rings. The van der Waals surface area contributed by atoms with Crippen LogP contribution in [0.25, 0.3) is 0 Å². The van der Waals surface area contributed by atoms with Crippen molar-refractivity contribution in [2.75, 3.05) is 72.0 Å². The van der Waals surface area contributed by atoms with Gasteiger partial charge in [-0.1, -0.05) is 0 Å². The van der Waals surface area contributed by atoms with E-state index in [1.165, 1.54) is 4.90 Å². The molecule has 0 atom stereocenters. The van der Waals surface area contributed by atoms with Gasteiger partial charge in [0.25, 0.3) is 0 Å². The number of carboxylic acid groups (broad SMARTS) is 7. The van der Waals surface area contributed by atoms with Gasteiger partial charge in [-0.15, -0.1) is 0 Å². The standard InChI is InChI=1S/C10H16N2O8.C8H14N2O6/c13-7(14)3-11(4-8(15)16)1-2-12(5-9(17)18)6-10(19)20;11-6(12)3-9-1-2-10(4-7(13)14)5-8(15)16/h1-6H2,(H,13,14)(H,15,16)(H,17,18)(H,19,20);9H,1-5H2,(H,11,12)(H,13,14)(H,15,16). The Labute approximate surface area is 203 Å². The molecular weight excluding hydrogens is 496 g/mol. The van der Waals surface area contributed by atoms with Crippen molar-refractivity contribution < 1.29 is 69.3 Å². The first-order chi connectivity index (χ1) is 16.6. The summed E-state index contributed by atoms with van der Waals surface area (Å²) in [6.45, 7) is -2.89. The number of aliphatic carboxylic acids is 7. The number of carbonyl (C=O) groups is 7. The molecule has 18 heteroatoms. The summed E-state index contributed by atoms with van der Waals surface area (Å²) in [5.41, 5.74) is 0. The van der Waals surface area contributed by atoms with Crippen molar-refractivity contribution in [3.63, 3.8) is 0 Å². The molecule has 0 radical (unpaired) electrons. The third-order valence-electron chi connectivity index (χ3n) is 3.77. The minimum atomic E-state index is -1.23. The number of carboxylic acids is 7. The van der Waals surface area contributed by atoms with Crippen molar-refractivity contribution >= 4 is 41.8 Å². The maximum absolute atomic E-state index is 10.6. The summed E-state index contributed by atoms with van der Waals surface area (Å²) < 4.78 is 0. The van der Waals surface area contributed by atoms with Gasteiger partial charge in [0, 0.05) is 26.2 Å². The van der Waals surface area contributed by atoms with E-state index in [1.807, 2.05) is 0 Å². The fourth-order valence-corrected chi connectivity index (χ4v) is 2.51. The summed E-state index contributed by atoms with van der Waals surface area (Å²) in [6, 6.07) is 0. The van der Waals surface area contributed by atoms with Gasteiger partial charge in [0.2, 0.25) is 0 Å². The summed E-state index contributed by atoms with van der Waals surface area (Å²) in [6.07, 6.45) is 0. The van der Waals surface area contributed by atoms with Crippen LogP contribution in [0.1, 0.15) is 0 Å². The average molecular weight is 526 g/mol. The number of hydrogen-bond acceptors (Lipinski definition) is 11. The Morgan fingerprint density at radius 2 is 0.667 bits per heavy atom. The lowest BCUT2D eigenvalue weighted by molar-refractivity contribution is -0.145. The van der Waals surface area contributed by atoms with Crippen molar-refractivity contribution in [1.29, 1.82) is 0 Å². The second-order valence-electron chi connectivity index (χ2n) is 7.06. The van der Waals surface area contributed by atoms with E-state index in [0.29, 0.717) is 0 Å². The zero-order valence-corrected chi connectivity index (χ0v) is 19.1. The van der Waals surface area contributed by atoms with Gasteiger partial charge in [-0.05, 0) is 0 Å². The van der Waals surface area contributed by atoms with Crippen molar-refractivity contribution in [2.45, 2.75) is 0 Å². The van der Waals surface area contributed by atoms with Gasteiger partial charge < -0.3 is 41.1 Å². The van der Waals surface area contributed by atoms with Crippen LogP contribution in [0.2, 0.25) is 0 Å². The molecule has 206 valence electrons. The lowest BCUT2D eigenvalue weighted by atomic mass is 10.4. The Balaban J connectivity index is 0. The quantitative estimate of drug-likeness (QED) is 0.0702. The summed E-state index contributed by atoms with van der Waals surface area (Å²) in [5, 5.41) is 62.3. The summed E-state index contributed by atoms with van der Waals surface area (Å²) in [7, 11) is 0.